The number of nitrogens with two attached hydrogens (primary N) is 2. The number of para-hydroxylation sites is 1. The second-order valence-corrected chi connectivity index (χ2v) is 5.72. The zero-order valence-electron chi connectivity index (χ0n) is 13.1. The molecule has 0 fully saturated rings. The van der Waals surface area contributed by atoms with Crippen LogP contribution >= 0.6 is 11.6 Å². The predicted molar refractivity (Wildman–Crippen MR) is 96.6 cm³/mol. The molecule has 0 bridgehead atoms. The minimum Gasteiger partial charge on any atom is -0.408 e. The van der Waals surface area contributed by atoms with E-state index in [4.69, 9.17) is 27.8 Å². The Hall–Kier alpha value is -2.90. The monoisotopic (exact) mass is 357 g/mol. The quantitative estimate of drug-likeness (QED) is 0.646. The molecule has 1 amide bonds. The van der Waals surface area contributed by atoms with Gasteiger partial charge in [0.1, 0.15) is 17.7 Å². The SMILES string of the molecule is NCC(Nc1ncnc2c(OC(N)=O)cccc12)c1cccc(Cl)c1. The van der Waals surface area contributed by atoms with Gasteiger partial charge in [-0.3, -0.25) is 0 Å². The first-order valence-corrected chi connectivity index (χ1v) is 7.89. The summed E-state index contributed by atoms with van der Waals surface area (Å²) in [5.41, 5.74) is 12.4. The van der Waals surface area contributed by atoms with Gasteiger partial charge in [0.2, 0.25) is 0 Å². The largest absolute Gasteiger partial charge is 0.410 e. The Morgan fingerprint density at radius 3 is 2.76 bits per heavy atom. The van der Waals surface area contributed by atoms with Crippen LogP contribution in [-0.4, -0.2) is 22.6 Å². The topological polar surface area (TPSA) is 116 Å². The number of primary amides is 1. The van der Waals surface area contributed by atoms with Gasteiger partial charge in [0.05, 0.1) is 6.04 Å². The lowest BCUT2D eigenvalue weighted by molar-refractivity contribution is 0.211. The second-order valence-electron chi connectivity index (χ2n) is 5.28. The molecule has 25 heavy (non-hydrogen) atoms. The van der Waals surface area contributed by atoms with Crippen molar-refractivity contribution in [3.8, 4) is 5.75 Å². The van der Waals surface area contributed by atoms with E-state index in [0.29, 0.717) is 28.3 Å². The molecular weight excluding hydrogens is 342 g/mol. The number of halogens is 1. The summed E-state index contributed by atoms with van der Waals surface area (Å²) in [7, 11) is 0. The van der Waals surface area contributed by atoms with E-state index in [2.05, 4.69) is 15.3 Å². The molecule has 3 aromatic rings. The third-order valence-electron chi connectivity index (χ3n) is 3.64. The van der Waals surface area contributed by atoms with Crippen molar-refractivity contribution in [2.24, 2.45) is 11.5 Å². The summed E-state index contributed by atoms with van der Waals surface area (Å²) in [4.78, 5) is 19.5. The average Bonchev–Trinajstić information content (AvgIpc) is 2.59. The van der Waals surface area contributed by atoms with Crippen molar-refractivity contribution in [3.63, 3.8) is 0 Å². The number of hydrogen-bond acceptors (Lipinski definition) is 6. The van der Waals surface area contributed by atoms with Crippen LogP contribution < -0.4 is 21.5 Å². The molecule has 8 heteroatoms. The molecule has 0 spiro atoms. The highest BCUT2D eigenvalue weighted by Gasteiger charge is 2.15. The summed E-state index contributed by atoms with van der Waals surface area (Å²) in [6.07, 6.45) is 0.476. The Labute approximate surface area is 149 Å². The van der Waals surface area contributed by atoms with E-state index in [0.717, 1.165) is 5.56 Å². The normalized spacial score (nSPS) is 11.9. The van der Waals surface area contributed by atoms with E-state index < -0.39 is 6.09 Å². The highest BCUT2D eigenvalue weighted by atomic mass is 35.5. The van der Waals surface area contributed by atoms with Crippen molar-refractivity contribution in [1.29, 1.82) is 0 Å². The summed E-state index contributed by atoms with van der Waals surface area (Å²) in [6, 6.07) is 12.4. The van der Waals surface area contributed by atoms with Crippen LogP contribution in [0.25, 0.3) is 10.9 Å². The van der Waals surface area contributed by atoms with E-state index >= 15 is 0 Å². The van der Waals surface area contributed by atoms with Crippen molar-refractivity contribution >= 4 is 34.4 Å². The smallest absolute Gasteiger partial charge is 0.408 e. The molecule has 5 N–H and O–H groups in total. The number of ether oxygens (including phenoxy) is 1. The van der Waals surface area contributed by atoms with Gasteiger partial charge in [0.15, 0.2) is 5.75 Å². The molecule has 0 radical (unpaired) electrons. The average molecular weight is 358 g/mol. The number of anilines is 1. The third kappa shape index (κ3) is 3.78. The van der Waals surface area contributed by atoms with E-state index in [1.54, 1.807) is 18.2 Å². The number of aromatic nitrogens is 2. The van der Waals surface area contributed by atoms with Gasteiger partial charge >= 0.3 is 6.09 Å². The Morgan fingerprint density at radius 2 is 2.04 bits per heavy atom. The van der Waals surface area contributed by atoms with Crippen LogP contribution in [0.3, 0.4) is 0 Å². The highest BCUT2D eigenvalue weighted by Crippen LogP contribution is 2.29. The number of rotatable bonds is 5. The Morgan fingerprint density at radius 1 is 1.24 bits per heavy atom. The molecule has 128 valence electrons. The number of nitrogens with one attached hydrogen (secondary N) is 1. The van der Waals surface area contributed by atoms with Gasteiger partial charge in [0, 0.05) is 17.0 Å². The molecule has 2 aromatic carbocycles. The molecule has 7 nitrogen and oxygen atoms in total. The van der Waals surface area contributed by atoms with E-state index in [1.165, 1.54) is 6.33 Å². The van der Waals surface area contributed by atoms with Crippen LogP contribution in [0.15, 0.2) is 48.8 Å². The molecule has 3 rings (SSSR count). The molecule has 1 heterocycles. The first-order valence-electron chi connectivity index (χ1n) is 7.51. The zero-order valence-corrected chi connectivity index (χ0v) is 13.9. The first-order chi connectivity index (χ1) is 12.1. The number of amides is 1. The van der Waals surface area contributed by atoms with Crippen molar-refractivity contribution in [2.75, 3.05) is 11.9 Å². The van der Waals surface area contributed by atoms with Crippen LogP contribution in [-0.2, 0) is 0 Å². The molecular formula is C17H16ClN5O2. The van der Waals surface area contributed by atoms with Crippen LogP contribution in [0, 0.1) is 0 Å². The number of benzene rings is 2. The van der Waals surface area contributed by atoms with Crippen LogP contribution in [0.5, 0.6) is 5.75 Å². The lowest BCUT2D eigenvalue weighted by Gasteiger charge is -2.19. The molecule has 0 saturated heterocycles. The minimum absolute atomic E-state index is 0.197. The standard InChI is InChI=1S/C17H16ClN5O2/c18-11-4-1-3-10(7-11)13(8-19)23-16-12-5-2-6-14(25-17(20)24)15(12)21-9-22-16/h1-7,9,13H,8,19H2,(H2,20,24)(H,21,22,23). The minimum atomic E-state index is -0.903. The number of nitrogens with zero attached hydrogens (tertiary/aromatic N) is 2. The van der Waals surface area contributed by atoms with Crippen molar-refractivity contribution in [2.45, 2.75) is 6.04 Å². The summed E-state index contributed by atoms with van der Waals surface area (Å²) in [5.74, 6) is 0.831. The fraction of sp³-hybridized carbons (Fsp3) is 0.118. The number of carbonyl (C=O) groups is 1. The molecule has 0 aliphatic heterocycles. The zero-order chi connectivity index (χ0) is 17.8. The van der Waals surface area contributed by atoms with Gasteiger partial charge in [-0.25, -0.2) is 14.8 Å². The van der Waals surface area contributed by atoms with E-state index in [1.807, 2.05) is 24.3 Å². The molecule has 0 saturated carbocycles. The van der Waals surface area contributed by atoms with Gasteiger partial charge in [-0.05, 0) is 29.8 Å². The Kier molecular flexibility index (Phi) is 4.97. The fourth-order valence-electron chi connectivity index (χ4n) is 2.53. The molecule has 1 unspecified atom stereocenters. The molecule has 1 atom stereocenters. The van der Waals surface area contributed by atoms with Gasteiger partial charge in [-0.2, -0.15) is 0 Å². The summed E-state index contributed by atoms with van der Waals surface area (Å²) < 4.78 is 4.99. The van der Waals surface area contributed by atoms with Gasteiger partial charge in [-0.1, -0.05) is 29.8 Å². The van der Waals surface area contributed by atoms with Gasteiger partial charge in [-0.15, -0.1) is 0 Å². The fourth-order valence-corrected chi connectivity index (χ4v) is 2.73. The summed E-state index contributed by atoms with van der Waals surface area (Å²) in [5, 5.41) is 4.60. The van der Waals surface area contributed by atoms with Crippen molar-refractivity contribution < 1.29 is 9.53 Å². The van der Waals surface area contributed by atoms with Crippen LogP contribution in [0.1, 0.15) is 11.6 Å². The maximum Gasteiger partial charge on any atom is 0.410 e. The predicted octanol–water partition coefficient (Wildman–Crippen LogP) is 2.85. The van der Waals surface area contributed by atoms with E-state index in [9.17, 15) is 4.79 Å². The van der Waals surface area contributed by atoms with Gasteiger partial charge in [0.25, 0.3) is 0 Å². The number of carbonyl (C=O) groups excluding carboxylic acids is 1. The van der Waals surface area contributed by atoms with Crippen LogP contribution in [0.4, 0.5) is 10.6 Å². The number of fused-ring (bicyclic) bond motifs is 1. The Balaban J connectivity index is 1.99. The molecule has 0 aliphatic carbocycles. The molecule has 1 aromatic heterocycles. The second kappa shape index (κ2) is 7.33. The van der Waals surface area contributed by atoms with Crippen molar-refractivity contribution in [3.05, 3.63) is 59.4 Å². The highest BCUT2D eigenvalue weighted by molar-refractivity contribution is 6.30. The summed E-state index contributed by atoms with van der Waals surface area (Å²) in [6.45, 7) is 0.337. The third-order valence-corrected chi connectivity index (χ3v) is 3.87. The lowest BCUT2D eigenvalue weighted by atomic mass is 10.1. The maximum absolute atomic E-state index is 11.1. The molecule has 0 aliphatic rings. The van der Waals surface area contributed by atoms with Crippen molar-refractivity contribution in [1.82, 2.24) is 9.97 Å². The maximum atomic E-state index is 11.1. The van der Waals surface area contributed by atoms with Crippen LogP contribution in [0.2, 0.25) is 5.02 Å². The Bertz CT molecular complexity index is 918. The first kappa shape index (κ1) is 16.9. The number of hydrogen-bond donors (Lipinski definition) is 3. The van der Waals surface area contributed by atoms with E-state index in [-0.39, 0.29) is 11.8 Å². The lowest BCUT2D eigenvalue weighted by Crippen LogP contribution is -2.21. The summed E-state index contributed by atoms with van der Waals surface area (Å²) >= 11 is 6.06. The van der Waals surface area contributed by atoms with Gasteiger partial charge < -0.3 is 21.5 Å².